The van der Waals surface area contributed by atoms with Gasteiger partial charge in [-0.3, -0.25) is 0 Å². The molecule has 0 aliphatic carbocycles. The summed E-state index contributed by atoms with van der Waals surface area (Å²) in [5.41, 5.74) is 2.41. The average molecular weight is 447 g/mol. The zero-order valence-electron chi connectivity index (χ0n) is 18.5. The zero-order valence-corrected chi connectivity index (χ0v) is 18.5. The van der Waals surface area contributed by atoms with Crippen LogP contribution in [0.15, 0.2) is 76.7 Å². The predicted molar refractivity (Wildman–Crippen MR) is 133 cm³/mol. The molecule has 0 N–H and O–H groups in total. The molecular formula is C28H21N3O3. The molecule has 7 rings (SSSR count). The van der Waals surface area contributed by atoms with E-state index in [-0.39, 0.29) is 0 Å². The second-order valence-corrected chi connectivity index (χ2v) is 8.51. The van der Waals surface area contributed by atoms with Crippen molar-refractivity contribution >= 4 is 44.1 Å². The van der Waals surface area contributed by atoms with Gasteiger partial charge in [0.15, 0.2) is 0 Å². The summed E-state index contributed by atoms with van der Waals surface area (Å²) in [6, 6.07) is 23.3. The topological polar surface area (TPSA) is 65.3 Å². The van der Waals surface area contributed by atoms with Gasteiger partial charge in [0.1, 0.15) is 37.0 Å². The molecule has 166 valence electrons. The predicted octanol–water partition coefficient (Wildman–Crippen LogP) is 5.11. The minimum atomic E-state index is 0.428. The maximum atomic E-state index is 6.32. The molecule has 0 amide bonds. The molecule has 1 aromatic heterocycles. The van der Waals surface area contributed by atoms with E-state index in [0.29, 0.717) is 61.8 Å². The second-order valence-electron chi connectivity index (χ2n) is 8.51. The molecule has 0 radical (unpaired) electrons. The van der Waals surface area contributed by atoms with Crippen LogP contribution < -0.4 is 4.74 Å². The molecule has 0 unspecified atom stereocenters. The Morgan fingerprint density at radius 3 is 1.97 bits per heavy atom. The summed E-state index contributed by atoms with van der Waals surface area (Å²) in [7, 11) is 0. The number of nitrogens with zero attached hydrogens (tertiary/aromatic N) is 3. The van der Waals surface area contributed by atoms with Gasteiger partial charge in [0.25, 0.3) is 0 Å². The van der Waals surface area contributed by atoms with E-state index in [2.05, 4.69) is 69.6 Å². The maximum absolute atomic E-state index is 6.32. The Kier molecular flexibility index (Phi) is 4.37. The van der Waals surface area contributed by atoms with E-state index in [1.807, 2.05) is 12.1 Å². The SMILES string of the molecule is c1cc2ccc3ccc(COc4cc(C5=NCCO5)nc(C5=NCCO5)c4)c4ccc(c1)c2c34. The number of rotatable bonds is 5. The Hall–Kier alpha value is -4.19. The standard InChI is InChI=1S/C28H21N3O3/c1-2-17-4-5-19-6-7-20(22-9-8-18(3-1)25(17)26(19)22)16-34-21-14-23(27-29-10-12-32-27)31-24(15-21)28-30-11-13-33-28/h1-9,14-15H,10-13,16H2. The van der Waals surface area contributed by atoms with Crippen LogP contribution >= 0.6 is 0 Å². The first-order valence-corrected chi connectivity index (χ1v) is 11.5. The number of benzene rings is 4. The van der Waals surface area contributed by atoms with Gasteiger partial charge in [0, 0.05) is 12.1 Å². The molecule has 0 bridgehead atoms. The summed E-state index contributed by atoms with van der Waals surface area (Å²) in [5.74, 6) is 1.75. The number of aromatic nitrogens is 1. The largest absolute Gasteiger partial charge is 0.489 e. The Morgan fingerprint density at radius 1 is 0.706 bits per heavy atom. The fraction of sp³-hybridized carbons (Fsp3) is 0.179. The third-order valence-electron chi connectivity index (χ3n) is 6.42. The molecule has 0 fully saturated rings. The molecule has 6 heteroatoms. The molecule has 3 heterocycles. The molecule has 4 aromatic carbocycles. The minimum Gasteiger partial charge on any atom is -0.489 e. The monoisotopic (exact) mass is 447 g/mol. The molecule has 0 saturated heterocycles. The van der Waals surface area contributed by atoms with Crippen molar-refractivity contribution in [2.75, 3.05) is 26.3 Å². The van der Waals surface area contributed by atoms with Crippen LogP contribution in [-0.2, 0) is 16.1 Å². The molecule has 0 saturated carbocycles. The first-order valence-electron chi connectivity index (χ1n) is 11.5. The highest BCUT2D eigenvalue weighted by molar-refractivity contribution is 6.23. The van der Waals surface area contributed by atoms with Crippen molar-refractivity contribution in [1.29, 1.82) is 0 Å². The molecule has 2 aliphatic heterocycles. The lowest BCUT2D eigenvalue weighted by Gasteiger charge is -2.15. The van der Waals surface area contributed by atoms with Crippen molar-refractivity contribution in [3.63, 3.8) is 0 Å². The highest BCUT2D eigenvalue weighted by atomic mass is 16.5. The van der Waals surface area contributed by atoms with Gasteiger partial charge in [-0.05, 0) is 37.9 Å². The normalized spacial score (nSPS) is 15.5. The van der Waals surface area contributed by atoms with Crippen LogP contribution in [0, 0.1) is 0 Å². The minimum absolute atomic E-state index is 0.428. The van der Waals surface area contributed by atoms with Gasteiger partial charge in [-0.1, -0.05) is 54.6 Å². The smallest absolute Gasteiger partial charge is 0.235 e. The molecular weight excluding hydrogens is 426 g/mol. The average Bonchev–Trinajstić information content (AvgIpc) is 3.61. The summed E-state index contributed by atoms with van der Waals surface area (Å²) < 4.78 is 17.6. The van der Waals surface area contributed by atoms with E-state index in [9.17, 15) is 0 Å². The van der Waals surface area contributed by atoms with Crippen LogP contribution in [-0.4, -0.2) is 43.1 Å². The van der Waals surface area contributed by atoms with Crippen molar-refractivity contribution < 1.29 is 14.2 Å². The third-order valence-corrected chi connectivity index (χ3v) is 6.42. The summed E-state index contributed by atoms with van der Waals surface area (Å²) in [5, 5.41) is 7.56. The lowest BCUT2D eigenvalue weighted by atomic mass is 9.92. The summed E-state index contributed by atoms with van der Waals surface area (Å²) in [4.78, 5) is 13.5. The highest BCUT2D eigenvalue weighted by Gasteiger charge is 2.19. The number of hydrogen-bond acceptors (Lipinski definition) is 6. The van der Waals surface area contributed by atoms with E-state index in [0.717, 1.165) is 5.56 Å². The molecule has 0 atom stereocenters. The fourth-order valence-corrected chi connectivity index (χ4v) is 4.87. The van der Waals surface area contributed by atoms with E-state index >= 15 is 0 Å². The molecule has 2 aliphatic rings. The lowest BCUT2D eigenvalue weighted by molar-refractivity contribution is 0.306. The third kappa shape index (κ3) is 3.14. The number of pyridine rings is 1. The number of hydrogen-bond donors (Lipinski definition) is 0. The highest BCUT2D eigenvalue weighted by Crippen LogP contribution is 2.36. The van der Waals surface area contributed by atoms with E-state index in [1.165, 1.54) is 32.3 Å². The molecule has 34 heavy (non-hydrogen) atoms. The van der Waals surface area contributed by atoms with E-state index < -0.39 is 0 Å². The Labute approximate surface area is 195 Å². The van der Waals surface area contributed by atoms with Gasteiger partial charge in [-0.25, -0.2) is 15.0 Å². The van der Waals surface area contributed by atoms with Crippen LogP contribution in [0.4, 0.5) is 0 Å². The van der Waals surface area contributed by atoms with Gasteiger partial charge in [-0.2, -0.15) is 0 Å². The number of ether oxygens (including phenoxy) is 3. The summed E-state index contributed by atoms with van der Waals surface area (Å²) in [6.45, 7) is 2.84. The van der Waals surface area contributed by atoms with Crippen molar-refractivity contribution in [2.24, 2.45) is 9.98 Å². The quantitative estimate of drug-likeness (QED) is 0.351. The maximum Gasteiger partial charge on any atom is 0.235 e. The van der Waals surface area contributed by atoms with E-state index in [4.69, 9.17) is 14.2 Å². The van der Waals surface area contributed by atoms with Crippen molar-refractivity contribution in [3.05, 3.63) is 83.7 Å². The Balaban J connectivity index is 1.28. The van der Waals surface area contributed by atoms with Gasteiger partial charge in [0.05, 0.1) is 13.1 Å². The molecule has 6 nitrogen and oxygen atoms in total. The second kappa shape index (κ2) is 7.70. The van der Waals surface area contributed by atoms with Crippen LogP contribution in [0.5, 0.6) is 5.75 Å². The van der Waals surface area contributed by atoms with Crippen LogP contribution in [0.2, 0.25) is 0 Å². The van der Waals surface area contributed by atoms with Crippen LogP contribution in [0.1, 0.15) is 17.0 Å². The first kappa shape index (κ1) is 19.3. The van der Waals surface area contributed by atoms with Crippen molar-refractivity contribution in [1.82, 2.24) is 4.98 Å². The first-order chi connectivity index (χ1) is 16.8. The fourth-order valence-electron chi connectivity index (χ4n) is 4.87. The van der Waals surface area contributed by atoms with Crippen molar-refractivity contribution in [2.45, 2.75) is 6.61 Å². The van der Waals surface area contributed by atoms with Gasteiger partial charge in [0.2, 0.25) is 11.8 Å². The Morgan fingerprint density at radius 2 is 1.32 bits per heavy atom. The van der Waals surface area contributed by atoms with E-state index in [1.54, 1.807) is 0 Å². The number of aliphatic imine (C=N–C) groups is 2. The molecule has 0 spiro atoms. The lowest BCUT2D eigenvalue weighted by Crippen LogP contribution is -2.11. The van der Waals surface area contributed by atoms with Crippen LogP contribution in [0.3, 0.4) is 0 Å². The van der Waals surface area contributed by atoms with Gasteiger partial charge >= 0.3 is 0 Å². The van der Waals surface area contributed by atoms with Crippen molar-refractivity contribution in [3.8, 4) is 5.75 Å². The summed E-state index contributed by atoms with van der Waals surface area (Å²) in [6.07, 6.45) is 0. The molecule has 5 aromatic rings. The Bertz CT molecular complexity index is 1560. The van der Waals surface area contributed by atoms with Crippen LogP contribution in [0.25, 0.3) is 32.3 Å². The van der Waals surface area contributed by atoms with Gasteiger partial charge < -0.3 is 14.2 Å². The van der Waals surface area contributed by atoms with Gasteiger partial charge in [-0.15, -0.1) is 0 Å². The summed E-state index contributed by atoms with van der Waals surface area (Å²) >= 11 is 0. The zero-order chi connectivity index (χ0) is 22.5.